The summed E-state index contributed by atoms with van der Waals surface area (Å²) in [7, 11) is 0. The van der Waals surface area contributed by atoms with Gasteiger partial charge in [0.25, 0.3) is 0 Å². The van der Waals surface area contributed by atoms with Crippen LogP contribution in [0.1, 0.15) is 6.92 Å². The van der Waals surface area contributed by atoms with Crippen molar-refractivity contribution in [2.45, 2.75) is 19.5 Å². The molecule has 78 valence electrons. The Morgan fingerprint density at radius 2 is 2.07 bits per heavy atom. The van der Waals surface area contributed by atoms with Crippen LogP contribution in [0.5, 0.6) is 0 Å². The SMILES string of the molecule is CC(Cn1cccn1)Nc1ncccn1. The standard InChI is InChI=1S/C10H13N5/c1-9(8-15-7-3-6-13-15)14-10-11-4-2-5-12-10/h2-7,9H,8H2,1H3,(H,11,12,14). The van der Waals surface area contributed by atoms with Crippen LogP contribution < -0.4 is 5.32 Å². The first-order chi connectivity index (χ1) is 7.34. The molecule has 0 radical (unpaired) electrons. The highest BCUT2D eigenvalue weighted by Crippen LogP contribution is 1.99. The summed E-state index contributed by atoms with van der Waals surface area (Å²) in [6.07, 6.45) is 7.14. The maximum Gasteiger partial charge on any atom is 0.222 e. The summed E-state index contributed by atoms with van der Waals surface area (Å²) >= 11 is 0. The van der Waals surface area contributed by atoms with Crippen molar-refractivity contribution in [2.75, 3.05) is 5.32 Å². The molecule has 2 aromatic heterocycles. The number of aromatic nitrogens is 4. The summed E-state index contributed by atoms with van der Waals surface area (Å²) in [4.78, 5) is 8.19. The third-order valence-corrected chi connectivity index (χ3v) is 1.96. The average Bonchev–Trinajstić information content (AvgIpc) is 2.71. The molecule has 2 heterocycles. The molecule has 2 aromatic rings. The highest BCUT2D eigenvalue weighted by Gasteiger charge is 2.03. The van der Waals surface area contributed by atoms with Crippen LogP contribution in [0.3, 0.4) is 0 Å². The summed E-state index contributed by atoms with van der Waals surface area (Å²) in [6.45, 7) is 2.86. The van der Waals surface area contributed by atoms with Crippen molar-refractivity contribution in [3.8, 4) is 0 Å². The van der Waals surface area contributed by atoms with E-state index >= 15 is 0 Å². The molecule has 5 nitrogen and oxygen atoms in total. The molecule has 1 N–H and O–H groups in total. The first-order valence-electron chi connectivity index (χ1n) is 4.85. The third kappa shape index (κ3) is 2.77. The minimum Gasteiger partial charge on any atom is -0.350 e. The van der Waals surface area contributed by atoms with Gasteiger partial charge in [0, 0.05) is 30.8 Å². The fourth-order valence-electron chi connectivity index (χ4n) is 1.33. The molecule has 0 amide bonds. The van der Waals surface area contributed by atoms with E-state index in [4.69, 9.17) is 0 Å². The van der Waals surface area contributed by atoms with Gasteiger partial charge >= 0.3 is 0 Å². The van der Waals surface area contributed by atoms with Crippen LogP contribution in [0.2, 0.25) is 0 Å². The van der Waals surface area contributed by atoms with Crippen LogP contribution in [0.15, 0.2) is 36.9 Å². The molecule has 0 saturated carbocycles. The quantitative estimate of drug-likeness (QED) is 0.810. The predicted molar refractivity (Wildman–Crippen MR) is 57.3 cm³/mol. The number of rotatable bonds is 4. The van der Waals surface area contributed by atoms with E-state index in [1.807, 2.05) is 16.9 Å². The molecule has 0 saturated heterocycles. The van der Waals surface area contributed by atoms with E-state index in [9.17, 15) is 0 Å². The molecule has 0 aliphatic rings. The minimum atomic E-state index is 0.243. The molecule has 0 aliphatic carbocycles. The van der Waals surface area contributed by atoms with Gasteiger partial charge in [-0.25, -0.2) is 9.97 Å². The molecule has 0 bridgehead atoms. The van der Waals surface area contributed by atoms with Gasteiger partial charge in [0.15, 0.2) is 0 Å². The topological polar surface area (TPSA) is 55.6 Å². The van der Waals surface area contributed by atoms with Crippen LogP contribution in [0.4, 0.5) is 5.95 Å². The zero-order valence-electron chi connectivity index (χ0n) is 8.54. The predicted octanol–water partition coefficient (Wildman–Crippen LogP) is 1.17. The Morgan fingerprint density at radius 3 is 2.73 bits per heavy atom. The van der Waals surface area contributed by atoms with Crippen LogP contribution in [-0.4, -0.2) is 25.8 Å². The number of anilines is 1. The zero-order chi connectivity index (χ0) is 10.5. The lowest BCUT2D eigenvalue weighted by Crippen LogP contribution is -2.23. The molecular weight excluding hydrogens is 190 g/mol. The van der Waals surface area contributed by atoms with Crippen LogP contribution in [0.25, 0.3) is 0 Å². The van der Waals surface area contributed by atoms with Crippen molar-refractivity contribution in [3.05, 3.63) is 36.9 Å². The monoisotopic (exact) mass is 203 g/mol. The van der Waals surface area contributed by atoms with E-state index in [0.29, 0.717) is 5.95 Å². The van der Waals surface area contributed by atoms with E-state index in [1.165, 1.54) is 0 Å². The lowest BCUT2D eigenvalue weighted by atomic mass is 10.3. The summed E-state index contributed by atoms with van der Waals surface area (Å²) in [5.74, 6) is 0.650. The van der Waals surface area contributed by atoms with Gasteiger partial charge in [-0.3, -0.25) is 4.68 Å². The zero-order valence-corrected chi connectivity index (χ0v) is 8.54. The van der Waals surface area contributed by atoms with Crippen molar-refractivity contribution in [3.63, 3.8) is 0 Å². The van der Waals surface area contributed by atoms with E-state index in [1.54, 1.807) is 24.7 Å². The average molecular weight is 203 g/mol. The third-order valence-electron chi connectivity index (χ3n) is 1.96. The number of nitrogens with zero attached hydrogens (tertiary/aromatic N) is 4. The fraction of sp³-hybridized carbons (Fsp3) is 0.300. The number of hydrogen-bond acceptors (Lipinski definition) is 4. The Morgan fingerprint density at radius 1 is 1.27 bits per heavy atom. The molecule has 0 aliphatic heterocycles. The maximum absolute atomic E-state index is 4.13. The summed E-state index contributed by atoms with van der Waals surface area (Å²) in [6, 6.07) is 3.95. The highest BCUT2D eigenvalue weighted by atomic mass is 15.3. The lowest BCUT2D eigenvalue weighted by Gasteiger charge is -2.13. The lowest BCUT2D eigenvalue weighted by molar-refractivity contribution is 0.558. The van der Waals surface area contributed by atoms with Gasteiger partial charge in [-0.15, -0.1) is 0 Å². The fourth-order valence-corrected chi connectivity index (χ4v) is 1.33. The second-order valence-corrected chi connectivity index (χ2v) is 3.35. The first kappa shape index (κ1) is 9.64. The smallest absolute Gasteiger partial charge is 0.222 e. The maximum atomic E-state index is 4.13. The molecule has 15 heavy (non-hydrogen) atoms. The molecule has 0 fully saturated rings. The van der Waals surface area contributed by atoms with Gasteiger partial charge in [-0.1, -0.05) is 0 Å². The van der Waals surface area contributed by atoms with Crippen molar-refractivity contribution >= 4 is 5.95 Å². The Balaban J connectivity index is 1.90. The normalized spacial score (nSPS) is 12.3. The second-order valence-electron chi connectivity index (χ2n) is 3.35. The molecule has 2 rings (SSSR count). The minimum absolute atomic E-state index is 0.243. The largest absolute Gasteiger partial charge is 0.350 e. The van der Waals surface area contributed by atoms with Crippen molar-refractivity contribution in [1.29, 1.82) is 0 Å². The molecule has 1 unspecified atom stereocenters. The van der Waals surface area contributed by atoms with Gasteiger partial charge in [0.1, 0.15) is 0 Å². The van der Waals surface area contributed by atoms with Gasteiger partial charge in [0.05, 0.1) is 6.54 Å². The molecule has 5 heteroatoms. The van der Waals surface area contributed by atoms with Gasteiger partial charge < -0.3 is 5.32 Å². The summed E-state index contributed by atoms with van der Waals surface area (Å²) in [5, 5.41) is 7.33. The Labute approximate surface area is 88.2 Å². The van der Waals surface area contributed by atoms with E-state index in [2.05, 4.69) is 27.3 Å². The molecule has 1 atom stereocenters. The number of hydrogen-bond donors (Lipinski definition) is 1. The summed E-state index contributed by atoms with van der Waals surface area (Å²) in [5.41, 5.74) is 0. The highest BCUT2D eigenvalue weighted by molar-refractivity contribution is 5.23. The van der Waals surface area contributed by atoms with E-state index in [-0.39, 0.29) is 6.04 Å². The number of nitrogens with one attached hydrogen (secondary N) is 1. The van der Waals surface area contributed by atoms with Gasteiger partial charge in [-0.2, -0.15) is 5.10 Å². The van der Waals surface area contributed by atoms with E-state index < -0.39 is 0 Å². The van der Waals surface area contributed by atoms with Crippen molar-refractivity contribution in [2.24, 2.45) is 0 Å². The van der Waals surface area contributed by atoms with Crippen molar-refractivity contribution in [1.82, 2.24) is 19.7 Å². The molecule has 0 spiro atoms. The first-order valence-corrected chi connectivity index (χ1v) is 4.85. The Bertz CT molecular complexity index is 383. The molecular formula is C10H13N5. The van der Waals surface area contributed by atoms with Crippen molar-refractivity contribution < 1.29 is 0 Å². The van der Waals surface area contributed by atoms with Gasteiger partial charge in [0.2, 0.25) is 5.95 Å². The van der Waals surface area contributed by atoms with Gasteiger partial charge in [-0.05, 0) is 19.1 Å². The Hall–Kier alpha value is -1.91. The molecule has 0 aromatic carbocycles. The Kier molecular flexibility index (Phi) is 2.92. The van der Waals surface area contributed by atoms with Crippen LogP contribution >= 0.6 is 0 Å². The summed E-state index contributed by atoms with van der Waals surface area (Å²) < 4.78 is 1.88. The van der Waals surface area contributed by atoms with E-state index in [0.717, 1.165) is 6.54 Å². The van der Waals surface area contributed by atoms with Crippen LogP contribution in [0, 0.1) is 0 Å². The second kappa shape index (κ2) is 4.54. The van der Waals surface area contributed by atoms with Crippen LogP contribution in [-0.2, 0) is 6.54 Å².